The molecular formula is C30H37ClN6O2. The van der Waals surface area contributed by atoms with Crippen LogP contribution >= 0.6 is 12.4 Å². The Hall–Kier alpha value is -4.17. The Morgan fingerprint density at radius 1 is 0.538 bits per heavy atom. The van der Waals surface area contributed by atoms with Gasteiger partial charge in [-0.2, -0.15) is 0 Å². The molecule has 0 heterocycles. The number of carbonyl (C=O) groups is 2. The molecule has 3 aromatic rings. The highest BCUT2D eigenvalue weighted by molar-refractivity contribution is 6.07. The van der Waals surface area contributed by atoms with E-state index in [1.807, 2.05) is 48.5 Å². The number of rotatable bonds is 8. The van der Waals surface area contributed by atoms with Gasteiger partial charge in [0.25, 0.3) is 11.8 Å². The molecule has 9 heteroatoms. The first-order valence-electron chi connectivity index (χ1n) is 12.6. The van der Waals surface area contributed by atoms with Gasteiger partial charge in [-0.1, -0.05) is 0 Å². The van der Waals surface area contributed by atoms with Gasteiger partial charge in [0.05, 0.1) is 0 Å². The minimum Gasteiger partial charge on any atom is -0.368 e. The van der Waals surface area contributed by atoms with Crippen LogP contribution < -0.4 is 21.3 Å². The number of aliphatic imine (C=N–C) groups is 2. The number of hydrogen-bond donors (Lipinski definition) is 4. The van der Waals surface area contributed by atoms with Crippen molar-refractivity contribution < 1.29 is 9.59 Å². The molecule has 206 valence electrons. The maximum absolute atomic E-state index is 12.7. The lowest BCUT2D eigenvalue weighted by atomic mass is 10.1. The normalized spacial score (nSPS) is 11.6. The lowest BCUT2D eigenvalue weighted by molar-refractivity contribution is 0.101. The largest absolute Gasteiger partial charge is 0.368 e. The molecule has 0 fully saturated rings. The summed E-state index contributed by atoms with van der Waals surface area (Å²) in [7, 11) is 3.48. The average Bonchev–Trinajstić information content (AvgIpc) is 2.91. The van der Waals surface area contributed by atoms with Crippen LogP contribution in [-0.4, -0.2) is 49.7 Å². The van der Waals surface area contributed by atoms with Gasteiger partial charge in [0, 0.05) is 59.8 Å². The molecule has 0 saturated carbocycles. The zero-order valence-corrected chi connectivity index (χ0v) is 24.0. The van der Waals surface area contributed by atoms with E-state index >= 15 is 0 Å². The van der Waals surface area contributed by atoms with Gasteiger partial charge in [0.15, 0.2) is 0 Å². The van der Waals surface area contributed by atoms with Crippen LogP contribution in [0.3, 0.4) is 0 Å². The highest BCUT2D eigenvalue weighted by Gasteiger charge is 2.11. The summed E-state index contributed by atoms with van der Waals surface area (Å²) in [5.74, 6) is 1.08. The Bertz CT molecular complexity index is 1200. The molecule has 0 radical (unpaired) electrons. The van der Waals surface area contributed by atoms with Gasteiger partial charge in [-0.15, -0.1) is 12.4 Å². The molecular weight excluding hydrogens is 512 g/mol. The highest BCUT2D eigenvalue weighted by Crippen LogP contribution is 2.15. The molecule has 0 bridgehead atoms. The molecule has 0 atom stereocenters. The van der Waals surface area contributed by atoms with Gasteiger partial charge >= 0.3 is 0 Å². The van der Waals surface area contributed by atoms with Crippen LogP contribution in [0.4, 0.5) is 11.4 Å². The van der Waals surface area contributed by atoms with Gasteiger partial charge in [-0.05, 0) is 100 Å². The Balaban J connectivity index is 0.00000533. The second kappa shape index (κ2) is 14.7. The summed E-state index contributed by atoms with van der Waals surface area (Å²) in [6.07, 6.45) is 0. The van der Waals surface area contributed by atoms with Crippen molar-refractivity contribution in [2.75, 3.05) is 24.7 Å². The monoisotopic (exact) mass is 548 g/mol. The van der Waals surface area contributed by atoms with Crippen molar-refractivity contribution >= 4 is 47.3 Å². The summed E-state index contributed by atoms with van der Waals surface area (Å²) in [6, 6.07) is 22.0. The fourth-order valence-electron chi connectivity index (χ4n) is 3.70. The summed E-state index contributed by atoms with van der Waals surface area (Å²) < 4.78 is 0. The third-order valence-electron chi connectivity index (χ3n) is 5.54. The molecule has 0 aliphatic rings. The molecule has 0 saturated heterocycles. The first kappa shape index (κ1) is 31.1. The topological polar surface area (TPSA) is 107 Å². The average molecular weight is 549 g/mol. The van der Waals surface area contributed by atoms with E-state index in [-0.39, 0.29) is 36.3 Å². The van der Waals surface area contributed by atoms with E-state index < -0.39 is 0 Å². The zero-order valence-electron chi connectivity index (χ0n) is 23.2. The van der Waals surface area contributed by atoms with E-state index in [0.717, 1.165) is 22.8 Å². The lowest BCUT2D eigenvalue weighted by Gasteiger charge is -2.13. The van der Waals surface area contributed by atoms with Crippen LogP contribution in [0, 0.1) is 0 Å². The van der Waals surface area contributed by atoms with Gasteiger partial charge in [0.1, 0.15) is 11.7 Å². The Morgan fingerprint density at radius 3 is 1.08 bits per heavy atom. The van der Waals surface area contributed by atoms with Crippen LogP contribution in [0.5, 0.6) is 0 Å². The molecule has 0 aromatic heterocycles. The molecule has 3 aromatic carbocycles. The first-order chi connectivity index (χ1) is 18.2. The third-order valence-corrected chi connectivity index (χ3v) is 5.54. The number of halogens is 1. The number of anilines is 2. The summed E-state index contributed by atoms with van der Waals surface area (Å²) in [6.45, 7) is 8.21. The Morgan fingerprint density at radius 2 is 0.821 bits per heavy atom. The van der Waals surface area contributed by atoms with Crippen molar-refractivity contribution in [3.05, 3.63) is 95.1 Å². The summed E-state index contributed by atoms with van der Waals surface area (Å²) in [5.41, 5.74) is 4.13. The molecule has 4 N–H and O–H groups in total. The fourth-order valence-corrected chi connectivity index (χ4v) is 3.70. The van der Waals surface area contributed by atoms with Crippen molar-refractivity contribution in [2.24, 2.45) is 9.98 Å². The quantitative estimate of drug-likeness (QED) is 0.224. The summed E-state index contributed by atoms with van der Waals surface area (Å²) in [5, 5.41) is 12.4. The minimum atomic E-state index is -0.256. The molecule has 0 aliphatic carbocycles. The second-order valence-corrected chi connectivity index (χ2v) is 9.38. The van der Waals surface area contributed by atoms with Crippen LogP contribution in [0.25, 0.3) is 0 Å². The number of benzene rings is 3. The van der Waals surface area contributed by atoms with Crippen molar-refractivity contribution in [1.29, 1.82) is 0 Å². The van der Waals surface area contributed by atoms with E-state index in [1.165, 1.54) is 0 Å². The van der Waals surface area contributed by atoms with E-state index in [2.05, 4.69) is 58.9 Å². The number of amides is 2. The lowest BCUT2D eigenvalue weighted by Crippen LogP contribution is -2.30. The van der Waals surface area contributed by atoms with Crippen LogP contribution in [0.2, 0.25) is 0 Å². The van der Waals surface area contributed by atoms with Gasteiger partial charge in [-0.3, -0.25) is 19.6 Å². The predicted molar refractivity (Wildman–Crippen MR) is 164 cm³/mol. The SMILES string of the molecule is CN=C(NC(C)C)c1ccc(NC(=O)c2ccc(C(=O)Nc3ccc(C(=NC)NC(C)C)cc3)cc2)cc1.Cl. The minimum absolute atomic E-state index is 0. The maximum atomic E-state index is 12.7. The predicted octanol–water partition coefficient (Wildman–Crippen LogP) is 5.36. The number of amidine groups is 2. The number of carbonyl (C=O) groups excluding carboxylic acids is 2. The Labute approximate surface area is 236 Å². The van der Waals surface area contributed by atoms with Gasteiger partial charge < -0.3 is 21.3 Å². The maximum Gasteiger partial charge on any atom is 0.255 e. The van der Waals surface area contributed by atoms with Crippen molar-refractivity contribution in [1.82, 2.24) is 10.6 Å². The fraction of sp³-hybridized carbons (Fsp3) is 0.267. The van der Waals surface area contributed by atoms with Crippen LogP contribution in [-0.2, 0) is 0 Å². The van der Waals surface area contributed by atoms with Crippen LogP contribution in [0.15, 0.2) is 82.8 Å². The first-order valence-corrected chi connectivity index (χ1v) is 12.6. The molecule has 0 spiro atoms. The van der Waals surface area contributed by atoms with Crippen LogP contribution in [0.1, 0.15) is 59.5 Å². The smallest absolute Gasteiger partial charge is 0.255 e. The summed E-state index contributed by atoms with van der Waals surface area (Å²) >= 11 is 0. The van der Waals surface area contributed by atoms with Gasteiger partial charge in [0.2, 0.25) is 0 Å². The standard InChI is InChI=1S/C30H36N6O2.ClH/c1-19(2)33-27(31-5)21-11-15-25(16-12-21)35-29(37)23-7-9-24(10-8-23)30(38)36-26-17-13-22(14-18-26)28(32-6)34-20(3)4;/h7-20H,1-6H3,(H,31,33)(H,32,34)(H,35,37)(H,36,38);1H. The van der Waals surface area contributed by atoms with Crippen molar-refractivity contribution in [3.63, 3.8) is 0 Å². The molecule has 0 aliphatic heterocycles. The number of hydrogen-bond acceptors (Lipinski definition) is 4. The van der Waals surface area contributed by atoms with E-state index in [0.29, 0.717) is 22.5 Å². The van der Waals surface area contributed by atoms with Gasteiger partial charge in [-0.25, -0.2) is 0 Å². The molecule has 0 unspecified atom stereocenters. The third kappa shape index (κ3) is 8.97. The van der Waals surface area contributed by atoms with E-state index in [9.17, 15) is 9.59 Å². The zero-order chi connectivity index (χ0) is 27.7. The van der Waals surface area contributed by atoms with E-state index in [1.54, 1.807) is 38.4 Å². The Kier molecular flexibility index (Phi) is 11.7. The summed E-state index contributed by atoms with van der Waals surface area (Å²) in [4.78, 5) is 34.0. The van der Waals surface area contributed by atoms with Crippen molar-refractivity contribution in [3.8, 4) is 0 Å². The second-order valence-electron chi connectivity index (χ2n) is 9.38. The number of nitrogens with one attached hydrogen (secondary N) is 4. The number of nitrogens with zero attached hydrogens (tertiary/aromatic N) is 2. The van der Waals surface area contributed by atoms with Crippen molar-refractivity contribution in [2.45, 2.75) is 39.8 Å². The molecule has 3 rings (SSSR count). The molecule has 39 heavy (non-hydrogen) atoms. The molecule has 8 nitrogen and oxygen atoms in total. The molecule has 2 amide bonds. The van der Waals surface area contributed by atoms with E-state index in [4.69, 9.17) is 0 Å². The highest BCUT2D eigenvalue weighted by atomic mass is 35.5.